The van der Waals surface area contributed by atoms with E-state index in [2.05, 4.69) is 39.8 Å². The molecular weight excluding hydrogens is 244 g/mol. The van der Waals surface area contributed by atoms with Crippen LogP contribution in [0.5, 0.6) is 0 Å². The van der Waals surface area contributed by atoms with Gasteiger partial charge >= 0.3 is 0 Å². The van der Waals surface area contributed by atoms with E-state index in [9.17, 15) is 5.11 Å². The van der Waals surface area contributed by atoms with Crippen molar-refractivity contribution in [3.63, 3.8) is 0 Å². The fraction of sp³-hybridized carbons (Fsp3) is 0.789. The second kappa shape index (κ2) is 9.39. The van der Waals surface area contributed by atoms with Crippen molar-refractivity contribution in [1.82, 2.24) is 0 Å². The molecule has 2 atom stereocenters. The van der Waals surface area contributed by atoms with Gasteiger partial charge in [-0.3, -0.25) is 0 Å². The van der Waals surface area contributed by atoms with Crippen molar-refractivity contribution < 1.29 is 5.11 Å². The van der Waals surface area contributed by atoms with Gasteiger partial charge < -0.3 is 5.11 Å². The molecule has 1 heteroatoms. The zero-order valence-electron chi connectivity index (χ0n) is 14.0. The second-order valence-electron chi connectivity index (χ2n) is 7.07. The second-order valence-corrected chi connectivity index (χ2v) is 7.07. The SMILES string of the molecule is CC1=CC(O)C(CCCCC(C)C)CCC(C)=CCC1. The largest absolute Gasteiger partial charge is 0.389 e. The van der Waals surface area contributed by atoms with Gasteiger partial charge in [0.2, 0.25) is 0 Å². The van der Waals surface area contributed by atoms with E-state index < -0.39 is 0 Å². The van der Waals surface area contributed by atoms with Gasteiger partial charge in [0.1, 0.15) is 0 Å². The molecule has 1 N–H and O–H groups in total. The topological polar surface area (TPSA) is 20.2 Å². The summed E-state index contributed by atoms with van der Waals surface area (Å²) in [5.74, 6) is 1.25. The molecule has 0 bridgehead atoms. The van der Waals surface area contributed by atoms with E-state index in [0.717, 1.165) is 31.6 Å². The first-order valence-corrected chi connectivity index (χ1v) is 8.50. The first-order chi connectivity index (χ1) is 9.49. The highest BCUT2D eigenvalue weighted by molar-refractivity contribution is 5.08. The molecular formula is C19H34O. The Morgan fingerprint density at radius 1 is 1.15 bits per heavy atom. The highest BCUT2D eigenvalue weighted by Crippen LogP contribution is 2.26. The molecule has 1 aliphatic rings. The molecule has 0 aromatic carbocycles. The lowest BCUT2D eigenvalue weighted by molar-refractivity contribution is 0.137. The molecule has 0 spiro atoms. The molecule has 0 fully saturated rings. The summed E-state index contributed by atoms with van der Waals surface area (Å²) in [5, 5.41) is 10.5. The summed E-state index contributed by atoms with van der Waals surface area (Å²) in [4.78, 5) is 0. The van der Waals surface area contributed by atoms with Gasteiger partial charge in [-0.25, -0.2) is 0 Å². The molecule has 0 saturated carbocycles. The molecule has 0 radical (unpaired) electrons. The Morgan fingerprint density at radius 2 is 1.90 bits per heavy atom. The van der Waals surface area contributed by atoms with Crippen molar-refractivity contribution in [1.29, 1.82) is 0 Å². The van der Waals surface area contributed by atoms with Crippen LogP contribution in [0.1, 0.15) is 79.1 Å². The van der Waals surface area contributed by atoms with Crippen LogP contribution in [0.25, 0.3) is 0 Å². The van der Waals surface area contributed by atoms with E-state index in [1.54, 1.807) is 0 Å². The summed E-state index contributed by atoms with van der Waals surface area (Å²) in [7, 11) is 0. The first kappa shape index (κ1) is 17.5. The highest BCUT2D eigenvalue weighted by Gasteiger charge is 2.18. The minimum atomic E-state index is -0.236. The summed E-state index contributed by atoms with van der Waals surface area (Å²) in [6.45, 7) is 8.98. The molecule has 0 aromatic rings. The van der Waals surface area contributed by atoms with Gasteiger partial charge in [-0.05, 0) is 57.8 Å². The van der Waals surface area contributed by atoms with Gasteiger partial charge in [-0.2, -0.15) is 0 Å². The number of rotatable bonds is 5. The number of hydrogen-bond donors (Lipinski definition) is 1. The minimum Gasteiger partial charge on any atom is -0.389 e. The Bertz CT molecular complexity index is 325. The molecule has 20 heavy (non-hydrogen) atoms. The van der Waals surface area contributed by atoms with E-state index in [1.807, 2.05) is 0 Å². The molecule has 1 aliphatic carbocycles. The molecule has 0 amide bonds. The highest BCUT2D eigenvalue weighted by atomic mass is 16.3. The predicted octanol–water partition coefficient (Wildman–Crippen LogP) is 5.65. The van der Waals surface area contributed by atoms with Crippen LogP contribution in [0.2, 0.25) is 0 Å². The van der Waals surface area contributed by atoms with Crippen molar-refractivity contribution >= 4 is 0 Å². The average Bonchev–Trinajstić information content (AvgIpc) is 2.36. The molecule has 2 unspecified atom stereocenters. The predicted molar refractivity (Wildman–Crippen MR) is 88.8 cm³/mol. The summed E-state index contributed by atoms with van der Waals surface area (Å²) in [6, 6.07) is 0. The lowest BCUT2D eigenvalue weighted by Gasteiger charge is -2.23. The summed E-state index contributed by atoms with van der Waals surface area (Å²) in [6.07, 6.45) is 13.8. The smallest absolute Gasteiger partial charge is 0.0751 e. The van der Waals surface area contributed by atoms with Crippen molar-refractivity contribution in [2.45, 2.75) is 85.2 Å². The Morgan fingerprint density at radius 3 is 2.60 bits per heavy atom. The van der Waals surface area contributed by atoms with Crippen molar-refractivity contribution in [3.8, 4) is 0 Å². The van der Waals surface area contributed by atoms with Crippen molar-refractivity contribution in [2.24, 2.45) is 11.8 Å². The van der Waals surface area contributed by atoms with E-state index >= 15 is 0 Å². The fourth-order valence-electron chi connectivity index (χ4n) is 3.02. The lowest BCUT2D eigenvalue weighted by Crippen LogP contribution is -2.19. The third-order valence-electron chi connectivity index (χ3n) is 4.49. The van der Waals surface area contributed by atoms with Crippen molar-refractivity contribution in [2.75, 3.05) is 0 Å². The maximum absolute atomic E-state index is 10.5. The van der Waals surface area contributed by atoms with E-state index in [-0.39, 0.29) is 6.10 Å². The number of hydrogen-bond acceptors (Lipinski definition) is 1. The summed E-state index contributed by atoms with van der Waals surface area (Å²) >= 11 is 0. The number of allylic oxidation sites excluding steroid dienone is 3. The van der Waals surface area contributed by atoms with Crippen LogP contribution in [-0.4, -0.2) is 11.2 Å². The maximum atomic E-state index is 10.5. The number of aliphatic hydroxyl groups is 1. The first-order valence-electron chi connectivity index (χ1n) is 8.50. The van der Waals surface area contributed by atoms with Crippen LogP contribution >= 0.6 is 0 Å². The van der Waals surface area contributed by atoms with Gasteiger partial charge in [0.05, 0.1) is 6.10 Å². The van der Waals surface area contributed by atoms with Crippen LogP contribution < -0.4 is 0 Å². The van der Waals surface area contributed by atoms with Crippen LogP contribution in [0, 0.1) is 11.8 Å². The molecule has 1 nitrogen and oxygen atoms in total. The van der Waals surface area contributed by atoms with Crippen LogP contribution in [0.4, 0.5) is 0 Å². The maximum Gasteiger partial charge on any atom is 0.0751 e. The molecule has 0 aromatic heterocycles. The molecule has 0 heterocycles. The Balaban J connectivity index is 2.53. The van der Waals surface area contributed by atoms with Crippen molar-refractivity contribution in [3.05, 3.63) is 23.3 Å². The quantitative estimate of drug-likeness (QED) is 0.509. The molecule has 116 valence electrons. The van der Waals surface area contributed by atoms with E-state index in [1.165, 1.54) is 36.8 Å². The van der Waals surface area contributed by atoms with Gasteiger partial charge in [-0.15, -0.1) is 0 Å². The molecule has 0 saturated heterocycles. The minimum absolute atomic E-state index is 0.236. The van der Waals surface area contributed by atoms with Gasteiger partial charge in [0, 0.05) is 0 Å². The third-order valence-corrected chi connectivity index (χ3v) is 4.49. The molecule has 1 rings (SSSR count). The normalized spacial score (nSPS) is 25.3. The average molecular weight is 278 g/mol. The van der Waals surface area contributed by atoms with E-state index in [4.69, 9.17) is 0 Å². The monoisotopic (exact) mass is 278 g/mol. The van der Waals surface area contributed by atoms with Crippen LogP contribution in [0.15, 0.2) is 23.3 Å². The fourth-order valence-corrected chi connectivity index (χ4v) is 3.02. The van der Waals surface area contributed by atoms with Crippen LogP contribution in [0.3, 0.4) is 0 Å². The van der Waals surface area contributed by atoms with Crippen LogP contribution in [-0.2, 0) is 0 Å². The molecule has 0 aliphatic heterocycles. The third kappa shape index (κ3) is 7.28. The standard InChI is InChI=1S/C19H34O/c1-15(2)8-5-6-11-18-13-12-16(3)9-7-10-17(4)14-19(18)20/h9,14-15,18-20H,5-8,10-13H2,1-4H3. The van der Waals surface area contributed by atoms with Gasteiger partial charge in [-0.1, -0.05) is 56.4 Å². The summed E-state index contributed by atoms with van der Waals surface area (Å²) in [5.41, 5.74) is 2.84. The number of aliphatic hydroxyl groups excluding tert-OH is 1. The number of unbranched alkanes of at least 4 members (excludes halogenated alkanes) is 1. The van der Waals surface area contributed by atoms with E-state index in [0.29, 0.717) is 5.92 Å². The van der Waals surface area contributed by atoms with Gasteiger partial charge in [0.15, 0.2) is 0 Å². The van der Waals surface area contributed by atoms with Gasteiger partial charge in [0.25, 0.3) is 0 Å². The lowest BCUT2D eigenvalue weighted by atomic mass is 9.87. The zero-order valence-corrected chi connectivity index (χ0v) is 14.0. The summed E-state index contributed by atoms with van der Waals surface area (Å²) < 4.78 is 0. The Hall–Kier alpha value is -0.560. The Labute approximate surface area is 126 Å². The zero-order chi connectivity index (χ0) is 15.0. The Kier molecular flexibility index (Phi) is 8.21.